The number of alkyl halides is 3. The van der Waals surface area contributed by atoms with Gasteiger partial charge in [-0.3, -0.25) is 19.4 Å². The number of pyridine rings is 1. The number of rotatable bonds is 4. The van der Waals surface area contributed by atoms with Gasteiger partial charge in [-0.25, -0.2) is 4.98 Å². The fourth-order valence-corrected chi connectivity index (χ4v) is 4.26. The van der Waals surface area contributed by atoms with E-state index in [0.29, 0.717) is 18.0 Å². The number of amides is 2. The van der Waals surface area contributed by atoms with E-state index in [0.717, 1.165) is 15.6 Å². The van der Waals surface area contributed by atoms with Gasteiger partial charge >= 0.3 is 6.18 Å². The summed E-state index contributed by atoms with van der Waals surface area (Å²) in [6.45, 7) is 0. The number of fused-ring (bicyclic) bond motifs is 1. The first-order valence-corrected chi connectivity index (χ1v) is 9.80. The average Bonchev–Trinajstić information content (AvgIpc) is 3.20. The second kappa shape index (κ2) is 7.91. The zero-order valence-electron chi connectivity index (χ0n) is 17.1. The Morgan fingerprint density at radius 1 is 1.19 bits per heavy atom. The van der Waals surface area contributed by atoms with E-state index < -0.39 is 41.6 Å². The summed E-state index contributed by atoms with van der Waals surface area (Å²) in [6, 6.07) is 7.13. The van der Waals surface area contributed by atoms with Gasteiger partial charge in [-0.15, -0.1) is 0 Å². The SMILES string of the molecule is COc1ccc([C@@H]2[C@H]3C(=O)N(N(C)c4ncc(C(F)(F)F)cc4Cl)C(=O)[C@H]3ON2C)cc1. The topological polar surface area (TPSA) is 75.2 Å². The lowest BCUT2D eigenvalue weighted by molar-refractivity contribution is -0.170. The summed E-state index contributed by atoms with van der Waals surface area (Å²) in [6.07, 6.45) is -5.13. The molecule has 3 heterocycles. The van der Waals surface area contributed by atoms with Gasteiger partial charge in [0.1, 0.15) is 5.75 Å². The molecule has 0 radical (unpaired) electrons. The number of carbonyl (C=O) groups excluding carboxylic acids is 2. The second-order valence-electron chi connectivity index (χ2n) is 7.36. The summed E-state index contributed by atoms with van der Waals surface area (Å²) in [4.78, 5) is 35.7. The van der Waals surface area contributed by atoms with Crippen LogP contribution in [0.2, 0.25) is 5.02 Å². The largest absolute Gasteiger partial charge is 0.497 e. The van der Waals surface area contributed by atoms with Crippen LogP contribution >= 0.6 is 11.6 Å². The number of imide groups is 1. The van der Waals surface area contributed by atoms with Gasteiger partial charge in [0.05, 0.1) is 29.7 Å². The standard InChI is InChI=1S/C20H18ClF3N4O4/c1-26(17-13(21)8-11(9-25-17)20(22,23)24)28-18(29)14-15(27(2)32-16(14)19(28)30)10-4-6-12(31-3)7-5-10/h4-9,14-16H,1-3H3/t14-,15-,16+/m1/s1. The van der Waals surface area contributed by atoms with Crippen molar-refractivity contribution < 1.29 is 32.3 Å². The highest BCUT2D eigenvalue weighted by Crippen LogP contribution is 2.45. The summed E-state index contributed by atoms with van der Waals surface area (Å²) in [5.41, 5.74) is -0.308. The maximum atomic E-state index is 13.3. The average molecular weight is 471 g/mol. The number of hydroxylamine groups is 2. The van der Waals surface area contributed by atoms with Crippen molar-refractivity contribution in [3.05, 3.63) is 52.7 Å². The van der Waals surface area contributed by atoms with Crippen LogP contribution in [0.25, 0.3) is 0 Å². The van der Waals surface area contributed by atoms with Crippen molar-refractivity contribution in [2.75, 3.05) is 26.2 Å². The number of carbonyl (C=O) groups is 2. The molecule has 1 aromatic heterocycles. The molecule has 0 aliphatic carbocycles. The highest BCUT2D eigenvalue weighted by Gasteiger charge is 2.60. The molecule has 12 heteroatoms. The number of anilines is 1. The minimum atomic E-state index is -4.63. The number of aromatic nitrogens is 1. The highest BCUT2D eigenvalue weighted by atomic mass is 35.5. The van der Waals surface area contributed by atoms with Crippen LogP contribution in [0.5, 0.6) is 5.75 Å². The predicted molar refractivity (Wildman–Crippen MR) is 106 cm³/mol. The summed E-state index contributed by atoms with van der Waals surface area (Å²) in [5, 5.41) is 2.94. The fourth-order valence-electron chi connectivity index (χ4n) is 3.97. The minimum Gasteiger partial charge on any atom is -0.497 e. The second-order valence-corrected chi connectivity index (χ2v) is 7.76. The number of methoxy groups -OCH3 is 1. The molecule has 8 nitrogen and oxygen atoms in total. The van der Waals surface area contributed by atoms with E-state index in [9.17, 15) is 22.8 Å². The van der Waals surface area contributed by atoms with Gasteiger partial charge in [0.2, 0.25) is 0 Å². The molecule has 4 rings (SSSR count). The lowest BCUT2D eigenvalue weighted by atomic mass is 9.91. The first kappa shape index (κ1) is 22.3. The van der Waals surface area contributed by atoms with E-state index in [1.54, 1.807) is 31.3 Å². The predicted octanol–water partition coefficient (Wildman–Crippen LogP) is 3.09. The molecular formula is C20H18ClF3N4O4. The molecular weight excluding hydrogens is 453 g/mol. The highest BCUT2D eigenvalue weighted by molar-refractivity contribution is 6.33. The van der Waals surface area contributed by atoms with Crippen molar-refractivity contribution in [2.45, 2.75) is 18.3 Å². The van der Waals surface area contributed by atoms with Crippen LogP contribution in [0.1, 0.15) is 17.2 Å². The number of hydrazine groups is 1. The first-order chi connectivity index (χ1) is 15.0. The molecule has 2 fully saturated rings. The summed E-state index contributed by atoms with van der Waals surface area (Å²) < 4.78 is 43.9. The number of halogens is 4. The van der Waals surface area contributed by atoms with Crippen molar-refractivity contribution in [2.24, 2.45) is 5.92 Å². The smallest absolute Gasteiger partial charge is 0.417 e. The van der Waals surface area contributed by atoms with E-state index in [-0.39, 0.29) is 10.8 Å². The number of ether oxygens (including phenoxy) is 1. The monoisotopic (exact) mass is 470 g/mol. The molecule has 0 N–H and O–H groups in total. The fraction of sp³-hybridized carbons (Fsp3) is 0.350. The molecule has 0 spiro atoms. The van der Waals surface area contributed by atoms with Crippen LogP contribution in [0.3, 0.4) is 0 Å². The maximum Gasteiger partial charge on any atom is 0.417 e. The van der Waals surface area contributed by atoms with Crippen molar-refractivity contribution >= 4 is 29.2 Å². The van der Waals surface area contributed by atoms with Gasteiger partial charge < -0.3 is 4.74 Å². The minimum absolute atomic E-state index is 0.171. The Morgan fingerprint density at radius 3 is 2.41 bits per heavy atom. The molecule has 3 atom stereocenters. The number of nitrogens with zero attached hydrogens (tertiary/aromatic N) is 4. The van der Waals surface area contributed by atoms with Crippen LogP contribution in [0.15, 0.2) is 36.5 Å². The molecule has 170 valence electrons. The van der Waals surface area contributed by atoms with Gasteiger partial charge in [-0.2, -0.15) is 23.2 Å². The van der Waals surface area contributed by atoms with Crippen LogP contribution in [0, 0.1) is 5.92 Å². The van der Waals surface area contributed by atoms with Crippen molar-refractivity contribution in [3.8, 4) is 5.75 Å². The molecule has 2 saturated heterocycles. The molecule has 1 aromatic carbocycles. The lowest BCUT2D eigenvalue weighted by Gasteiger charge is -2.30. The van der Waals surface area contributed by atoms with E-state index in [1.807, 2.05) is 0 Å². The van der Waals surface area contributed by atoms with Crippen LogP contribution < -0.4 is 9.75 Å². The molecule has 32 heavy (non-hydrogen) atoms. The third-order valence-corrected chi connectivity index (χ3v) is 5.78. The van der Waals surface area contributed by atoms with Crippen molar-refractivity contribution in [1.29, 1.82) is 0 Å². The van der Waals surface area contributed by atoms with Crippen LogP contribution in [0.4, 0.5) is 19.0 Å². The Labute approximate surface area is 186 Å². The zero-order valence-corrected chi connectivity index (χ0v) is 17.9. The number of benzene rings is 1. The Kier molecular flexibility index (Phi) is 5.51. The normalized spacial score (nSPS) is 23.6. The van der Waals surface area contributed by atoms with Gasteiger partial charge in [0.15, 0.2) is 11.9 Å². The molecule has 2 aliphatic rings. The van der Waals surface area contributed by atoms with Crippen LogP contribution in [-0.4, -0.2) is 54.2 Å². The molecule has 0 saturated carbocycles. The van der Waals surface area contributed by atoms with E-state index >= 15 is 0 Å². The Bertz CT molecular complexity index is 1070. The Hall–Kier alpha value is -2.89. The molecule has 0 unspecified atom stereocenters. The Morgan fingerprint density at radius 2 is 1.84 bits per heavy atom. The number of hydrogen-bond acceptors (Lipinski definition) is 7. The van der Waals surface area contributed by atoms with E-state index in [2.05, 4.69) is 4.98 Å². The van der Waals surface area contributed by atoms with Crippen molar-refractivity contribution in [1.82, 2.24) is 15.1 Å². The summed E-state index contributed by atoms with van der Waals surface area (Å²) in [7, 11) is 4.48. The van der Waals surface area contributed by atoms with Crippen molar-refractivity contribution in [3.63, 3.8) is 0 Å². The number of hydrogen-bond donors (Lipinski definition) is 0. The Balaban J connectivity index is 1.64. The van der Waals surface area contributed by atoms with E-state index in [1.165, 1.54) is 19.2 Å². The quantitative estimate of drug-likeness (QED) is 0.636. The maximum absolute atomic E-state index is 13.3. The van der Waals surface area contributed by atoms with Gasteiger partial charge in [0, 0.05) is 20.3 Å². The zero-order chi connectivity index (χ0) is 23.4. The molecule has 0 bridgehead atoms. The third-order valence-electron chi connectivity index (χ3n) is 5.50. The third kappa shape index (κ3) is 3.55. The molecule has 2 aromatic rings. The lowest BCUT2D eigenvalue weighted by Crippen LogP contribution is -2.47. The first-order valence-electron chi connectivity index (χ1n) is 9.42. The van der Waals surface area contributed by atoms with Gasteiger partial charge in [0.25, 0.3) is 11.8 Å². The van der Waals surface area contributed by atoms with E-state index in [4.69, 9.17) is 21.2 Å². The summed E-state index contributed by atoms with van der Waals surface area (Å²) in [5.74, 6) is -1.65. The molecule has 2 amide bonds. The van der Waals surface area contributed by atoms with Gasteiger partial charge in [-0.1, -0.05) is 23.7 Å². The summed E-state index contributed by atoms with van der Waals surface area (Å²) >= 11 is 6.00. The van der Waals surface area contributed by atoms with Gasteiger partial charge in [-0.05, 0) is 23.8 Å². The van der Waals surface area contributed by atoms with Crippen LogP contribution in [-0.2, 0) is 20.6 Å². The molecule has 2 aliphatic heterocycles.